The van der Waals surface area contributed by atoms with Crippen LogP contribution in [0, 0.1) is 13.8 Å². The molecule has 0 radical (unpaired) electrons. The molecule has 0 saturated heterocycles. The van der Waals surface area contributed by atoms with Gasteiger partial charge in [-0.3, -0.25) is 9.35 Å². The maximum Gasteiger partial charge on any atom is 0.292 e. The molecule has 1 heterocycles. The van der Waals surface area contributed by atoms with Gasteiger partial charge in [0.1, 0.15) is 17.3 Å². The Morgan fingerprint density at radius 2 is 1.91 bits per heavy atom. The van der Waals surface area contributed by atoms with Crippen molar-refractivity contribution in [2.75, 3.05) is 10.9 Å². The monoisotopic (exact) mass is 489 g/mol. The largest absolute Gasteiger partial charge is 0.494 e. The summed E-state index contributed by atoms with van der Waals surface area (Å²) in [6, 6.07) is 12.3. The van der Waals surface area contributed by atoms with Crippen LogP contribution in [0.1, 0.15) is 53.6 Å². The van der Waals surface area contributed by atoms with Crippen molar-refractivity contribution >= 4 is 34.5 Å². The number of carbonyl (C=O) groups is 1. The van der Waals surface area contributed by atoms with Gasteiger partial charge in [-0.1, -0.05) is 55.1 Å². The van der Waals surface area contributed by atoms with E-state index in [9.17, 15) is 13.6 Å². The number of nitrogens with zero attached hydrogens (tertiary/aromatic N) is 3. The summed E-state index contributed by atoms with van der Waals surface area (Å²) in [4.78, 5) is 17.3. The first kappa shape index (κ1) is 25.0. The van der Waals surface area contributed by atoms with Gasteiger partial charge in [-0.05, 0) is 50.1 Å². The zero-order valence-corrected chi connectivity index (χ0v) is 20.5. The molecule has 2 aromatic carbocycles. The third-order valence-electron chi connectivity index (χ3n) is 5.19. The van der Waals surface area contributed by atoms with Crippen LogP contribution in [0.15, 0.2) is 48.7 Å². The number of amides is 1. The quantitative estimate of drug-likeness (QED) is 0.298. The first-order valence-corrected chi connectivity index (χ1v) is 12.2. The molecule has 0 saturated carbocycles. The van der Waals surface area contributed by atoms with Crippen LogP contribution in [0.5, 0.6) is 5.75 Å². The number of aromatic nitrogens is 2. The number of aryl methyl sites for hydroxylation is 2. The Morgan fingerprint density at radius 1 is 1.18 bits per heavy atom. The predicted molar refractivity (Wildman–Crippen MR) is 131 cm³/mol. The zero-order chi connectivity index (χ0) is 24.0. The third-order valence-corrected chi connectivity index (χ3v) is 6.23. The molecule has 1 amide bonds. The van der Waals surface area contributed by atoms with E-state index in [-0.39, 0.29) is 5.69 Å². The maximum atomic E-state index is 13.0. The number of hydrogen-bond donors (Lipinski definition) is 1. The average molecular weight is 490 g/mol. The molecule has 3 rings (SSSR count). The SMILES string of the molecule is CCCCCOc1ccc(Cn2cc(C(=O)N(c3ccc(C)cc3)S(=O)O)nc2C)c(Cl)c1. The van der Waals surface area contributed by atoms with Gasteiger partial charge in [-0.15, -0.1) is 0 Å². The van der Waals surface area contributed by atoms with Crippen LogP contribution in [0.4, 0.5) is 5.69 Å². The lowest BCUT2D eigenvalue weighted by atomic mass is 10.2. The van der Waals surface area contributed by atoms with Gasteiger partial charge in [-0.2, -0.15) is 0 Å². The van der Waals surface area contributed by atoms with E-state index in [4.69, 9.17) is 16.3 Å². The fraction of sp³-hybridized carbons (Fsp3) is 0.333. The van der Waals surface area contributed by atoms with Crippen molar-refractivity contribution in [3.8, 4) is 5.75 Å². The number of carbonyl (C=O) groups excluding carboxylic acids is 1. The molecule has 9 heteroatoms. The highest BCUT2D eigenvalue weighted by atomic mass is 35.5. The van der Waals surface area contributed by atoms with E-state index < -0.39 is 17.2 Å². The van der Waals surface area contributed by atoms with Crippen molar-refractivity contribution in [1.29, 1.82) is 0 Å². The van der Waals surface area contributed by atoms with Gasteiger partial charge in [0.15, 0.2) is 0 Å². The molecular formula is C24H28ClN3O4S. The molecule has 3 aromatic rings. The van der Waals surface area contributed by atoms with Gasteiger partial charge in [0.05, 0.1) is 18.8 Å². The van der Waals surface area contributed by atoms with Crippen LogP contribution < -0.4 is 9.04 Å². The standard InChI is InChI=1S/C24H28ClN3O4S/c1-4-5-6-13-32-21-12-9-19(22(25)14-21)15-27-16-23(26-18(27)3)24(29)28(33(30)31)20-10-7-17(2)8-11-20/h7-12,14,16H,4-6,13,15H2,1-3H3,(H,30,31). The number of benzene rings is 2. The predicted octanol–water partition coefficient (Wildman–Crippen LogP) is 5.55. The first-order chi connectivity index (χ1) is 15.8. The van der Waals surface area contributed by atoms with Gasteiger partial charge in [0.2, 0.25) is 0 Å². The van der Waals surface area contributed by atoms with Crippen LogP contribution in [-0.2, 0) is 17.8 Å². The van der Waals surface area contributed by atoms with Gasteiger partial charge < -0.3 is 9.30 Å². The van der Waals surface area contributed by atoms with Gasteiger partial charge in [0.25, 0.3) is 17.2 Å². The molecule has 7 nitrogen and oxygen atoms in total. The Kier molecular flexibility index (Phi) is 8.66. The number of anilines is 1. The lowest BCUT2D eigenvalue weighted by molar-refractivity contribution is 0.100. The Hall–Kier alpha value is -2.68. The average Bonchev–Trinajstić information content (AvgIpc) is 3.14. The van der Waals surface area contributed by atoms with E-state index >= 15 is 0 Å². The van der Waals surface area contributed by atoms with E-state index in [1.165, 1.54) is 0 Å². The van der Waals surface area contributed by atoms with Crippen LogP contribution in [-0.4, -0.2) is 30.8 Å². The lowest BCUT2D eigenvalue weighted by Gasteiger charge is -2.16. The molecule has 0 aliphatic carbocycles. The fourth-order valence-electron chi connectivity index (χ4n) is 3.31. The minimum atomic E-state index is -2.54. The number of unbranched alkanes of at least 4 members (excludes halogenated alkanes) is 2. The molecule has 0 bridgehead atoms. The second-order valence-corrected chi connectivity index (χ2v) is 9.01. The smallest absolute Gasteiger partial charge is 0.292 e. The zero-order valence-electron chi connectivity index (χ0n) is 19.0. The van der Waals surface area contributed by atoms with E-state index in [1.54, 1.807) is 48.0 Å². The van der Waals surface area contributed by atoms with Crippen LogP contribution in [0.3, 0.4) is 0 Å². The molecule has 1 atom stereocenters. The molecule has 176 valence electrons. The van der Waals surface area contributed by atoms with Gasteiger partial charge in [0, 0.05) is 11.2 Å². The van der Waals surface area contributed by atoms with E-state index in [0.29, 0.717) is 29.7 Å². The Balaban J connectivity index is 1.76. The minimum Gasteiger partial charge on any atom is -0.494 e. The summed E-state index contributed by atoms with van der Waals surface area (Å²) >= 11 is 3.93. The Labute approximate surface area is 201 Å². The van der Waals surface area contributed by atoms with E-state index in [0.717, 1.165) is 40.4 Å². The molecule has 0 spiro atoms. The highest BCUT2D eigenvalue weighted by molar-refractivity contribution is 7.81. The summed E-state index contributed by atoms with van der Waals surface area (Å²) in [7, 11) is 0. The van der Waals surface area contributed by atoms with Crippen molar-refractivity contribution in [3.05, 3.63) is 76.3 Å². The first-order valence-electron chi connectivity index (χ1n) is 10.8. The van der Waals surface area contributed by atoms with Crippen molar-refractivity contribution in [2.24, 2.45) is 0 Å². The summed E-state index contributed by atoms with van der Waals surface area (Å²) in [5.41, 5.74) is 2.21. The van der Waals surface area contributed by atoms with Crippen LogP contribution in [0.2, 0.25) is 5.02 Å². The molecule has 1 aromatic heterocycles. The van der Waals surface area contributed by atoms with Crippen LogP contribution in [0.25, 0.3) is 0 Å². The minimum absolute atomic E-state index is 0.0717. The van der Waals surface area contributed by atoms with Crippen molar-refractivity contribution < 1.29 is 18.3 Å². The number of rotatable bonds is 10. The highest BCUT2D eigenvalue weighted by Gasteiger charge is 2.25. The molecule has 0 aliphatic rings. The number of ether oxygens (including phenoxy) is 1. The topological polar surface area (TPSA) is 84.7 Å². The number of hydrogen-bond acceptors (Lipinski definition) is 4. The molecule has 0 fully saturated rings. The second kappa shape index (κ2) is 11.4. The van der Waals surface area contributed by atoms with E-state index in [2.05, 4.69) is 11.9 Å². The number of halogens is 1. The summed E-state index contributed by atoms with van der Waals surface area (Å²) in [5.74, 6) is 0.641. The maximum absolute atomic E-state index is 13.0. The third kappa shape index (κ3) is 6.43. The second-order valence-electron chi connectivity index (χ2n) is 7.78. The lowest BCUT2D eigenvalue weighted by Crippen LogP contribution is -2.32. The van der Waals surface area contributed by atoms with Crippen molar-refractivity contribution in [3.63, 3.8) is 0 Å². The highest BCUT2D eigenvalue weighted by Crippen LogP contribution is 2.25. The molecule has 1 unspecified atom stereocenters. The molecule has 0 aliphatic heterocycles. The molecule has 1 N–H and O–H groups in total. The summed E-state index contributed by atoms with van der Waals surface area (Å²) in [6.45, 7) is 6.86. The van der Waals surface area contributed by atoms with Crippen molar-refractivity contribution in [1.82, 2.24) is 9.55 Å². The summed E-state index contributed by atoms with van der Waals surface area (Å²) < 4.78 is 30.0. The van der Waals surface area contributed by atoms with Crippen LogP contribution >= 0.6 is 11.6 Å². The Bertz CT molecular complexity index is 1130. The normalized spacial score (nSPS) is 11.9. The summed E-state index contributed by atoms with van der Waals surface area (Å²) in [6.07, 6.45) is 4.82. The fourth-order valence-corrected chi connectivity index (χ4v) is 4.07. The molecule has 33 heavy (non-hydrogen) atoms. The van der Waals surface area contributed by atoms with Gasteiger partial charge in [-0.25, -0.2) is 13.5 Å². The van der Waals surface area contributed by atoms with E-state index in [1.807, 2.05) is 19.1 Å². The number of imidazole rings is 1. The van der Waals surface area contributed by atoms with Crippen molar-refractivity contribution in [2.45, 2.75) is 46.6 Å². The van der Waals surface area contributed by atoms with Gasteiger partial charge >= 0.3 is 0 Å². The Morgan fingerprint density at radius 3 is 2.55 bits per heavy atom. The summed E-state index contributed by atoms with van der Waals surface area (Å²) in [5, 5.41) is 0.557. The molecular weight excluding hydrogens is 462 g/mol.